The molecule has 0 spiro atoms. The van der Waals surface area contributed by atoms with Gasteiger partial charge in [-0.05, 0) is 64.2 Å². The Morgan fingerprint density at radius 1 is 0.522 bits per heavy atom. The lowest BCUT2D eigenvalue weighted by Gasteiger charge is -1.91. The molecule has 0 saturated carbocycles. The van der Waals surface area contributed by atoms with E-state index in [1.165, 1.54) is 51.4 Å². The SMILES string of the molecule is CCCCC/C=C/C/C=C/C=C/C=C/C1OC1CCCC(=O)O.CCCCC/C=C\C\C=C/C=C/C=C/[C@@H]1O[C@H]1CCCC(=O)O. The molecule has 2 fully saturated rings. The zero-order chi connectivity index (χ0) is 33.5. The van der Waals surface area contributed by atoms with E-state index >= 15 is 0 Å². The Hall–Kier alpha value is -3.22. The van der Waals surface area contributed by atoms with Crippen LogP contribution in [-0.4, -0.2) is 46.6 Å². The lowest BCUT2D eigenvalue weighted by molar-refractivity contribution is -0.138. The summed E-state index contributed by atoms with van der Waals surface area (Å²) in [5, 5.41) is 17.1. The van der Waals surface area contributed by atoms with Crippen molar-refractivity contribution in [2.45, 2.75) is 141 Å². The average Bonchev–Trinajstić information content (AvgIpc) is 3.96. The molecule has 6 nitrogen and oxygen atoms in total. The third-order valence-corrected chi connectivity index (χ3v) is 7.37. The van der Waals surface area contributed by atoms with Gasteiger partial charge in [-0.25, -0.2) is 0 Å². The van der Waals surface area contributed by atoms with E-state index in [9.17, 15) is 9.59 Å². The highest BCUT2D eigenvalue weighted by Gasteiger charge is 2.36. The minimum absolute atomic E-state index is 0.170. The van der Waals surface area contributed by atoms with E-state index in [-0.39, 0.29) is 37.3 Å². The van der Waals surface area contributed by atoms with Crippen molar-refractivity contribution >= 4 is 11.9 Å². The lowest BCUT2D eigenvalue weighted by Crippen LogP contribution is -1.97. The van der Waals surface area contributed by atoms with Gasteiger partial charge in [0.15, 0.2) is 0 Å². The van der Waals surface area contributed by atoms with Crippen LogP contribution < -0.4 is 0 Å². The predicted octanol–water partition coefficient (Wildman–Crippen LogP) is 10.4. The number of rotatable bonds is 26. The van der Waals surface area contributed by atoms with Gasteiger partial charge in [-0.15, -0.1) is 0 Å². The second-order valence-corrected chi connectivity index (χ2v) is 11.7. The Kier molecular flexibility index (Phi) is 25.9. The molecule has 2 saturated heterocycles. The molecular formula is C40H60O6. The molecule has 256 valence electrons. The largest absolute Gasteiger partial charge is 0.481 e. The first-order valence-electron chi connectivity index (χ1n) is 17.5. The number of ether oxygens (including phenoxy) is 2. The summed E-state index contributed by atoms with van der Waals surface area (Å²) in [5.74, 6) is -1.47. The van der Waals surface area contributed by atoms with Crippen molar-refractivity contribution in [3.63, 3.8) is 0 Å². The van der Waals surface area contributed by atoms with Crippen molar-refractivity contribution in [3.05, 3.63) is 97.2 Å². The van der Waals surface area contributed by atoms with E-state index in [0.717, 1.165) is 25.7 Å². The van der Waals surface area contributed by atoms with Crippen LogP contribution in [0.5, 0.6) is 0 Å². The number of aliphatic carboxylic acids is 2. The Morgan fingerprint density at radius 2 is 0.935 bits per heavy atom. The fourth-order valence-electron chi connectivity index (χ4n) is 4.55. The molecule has 0 radical (unpaired) electrons. The molecule has 6 heteroatoms. The van der Waals surface area contributed by atoms with Gasteiger partial charge in [-0.3, -0.25) is 9.59 Å². The Labute approximate surface area is 279 Å². The van der Waals surface area contributed by atoms with E-state index < -0.39 is 11.9 Å². The summed E-state index contributed by atoms with van der Waals surface area (Å²) in [6, 6.07) is 0. The molecule has 0 aromatic heterocycles. The van der Waals surface area contributed by atoms with E-state index in [1.807, 2.05) is 48.6 Å². The highest BCUT2D eigenvalue weighted by atomic mass is 16.6. The number of carboxylic acid groups (broad SMARTS) is 2. The summed E-state index contributed by atoms with van der Waals surface area (Å²) in [6.07, 6.45) is 49.8. The fraction of sp³-hybridized carbons (Fsp3) is 0.550. The number of carbonyl (C=O) groups is 2. The Morgan fingerprint density at radius 3 is 1.33 bits per heavy atom. The van der Waals surface area contributed by atoms with E-state index in [2.05, 4.69) is 62.5 Å². The molecule has 2 N–H and O–H groups in total. The first-order chi connectivity index (χ1) is 22.5. The number of hydrogen-bond acceptors (Lipinski definition) is 4. The standard InChI is InChI=1S/2C20H30O3/c2*1-2-3-4-5-6-7-8-9-10-11-12-13-15-18-19(23-18)16-14-17-20(21)22/h2*6-7,9-13,15,18-19H,2-5,8,14,16-17H2,1H3,(H,21,22)/b7-6+,10-9+,12-11+,15-13+;7-6-,10-9-,12-11+,15-13+/t;18-,19-/m.0/s1. The highest BCUT2D eigenvalue weighted by molar-refractivity contribution is 5.66. The molecule has 0 aliphatic carbocycles. The lowest BCUT2D eigenvalue weighted by atomic mass is 10.1. The maximum atomic E-state index is 10.4. The summed E-state index contributed by atoms with van der Waals surface area (Å²) in [4.78, 5) is 20.8. The average molecular weight is 637 g/mol. The second kappa shape index (κ2) is 29.2. The van der Waals surface area contributed by atoms with Gasteiger partial charge < -0.3 is 19.7 Å². The molecule has 0 aromatic rings. The van der Waals surface area contributed by atoms with Gasteiger partial charge in [0.2, 0.25) is 0 Å². The monoisotopic (exact) mass is 636 g/mol. The van der Waals surface area contributed by atoms with Crippen molar-refractivity contribution in [1.29, 1.82) is 0 Å². The first-order valence-corrected chi connectivity index (χ1v) is 17.5. The van der Waals surface area contributed by atoms with Crippen molar-refractivity contribution in [1.82, 2.24) is 0 Å². The zero-order valence-electron chi connectivity index (χ0n) is 28.4. The van der Waals surface area contributed by atoms with Gasteiger partial charge in [0, 0.05) is 12.8 Å². The number of unbranched alkanes of at least 4 members (excludes halogenated alkanes) is 6. The van der Waals surface area contributed by atoms with Crippen LogP contribution in [-0.2, 0) is 19.1 Å². The van der Waals surface area contributed by atoms with Crippen LogP contribution in [0.3, 0.4) is 0 Å². The molecule has 2 heterocycles. The van der Waals surface area contributed by atoms with Crippen LogP contribution in [0.1, 0.15) is 117 Å². The fourth-order valence-corrected chi connectivity index (χ4v) is 4.55. The zero-order valence-corrected chi connectivity index (χ0v) is 28.4. The maximum absolute atomic E-state index is 10.4. The van der Waals surface area contributed by atoms with Gasteiger partial charge >= 0.3 is 11.9 Å². The number of epoxide rings is 2. The third-order valence-electron chi connectivity index (χ3n) is 7.37. The van der Waals surface area contributed by atoms with Crippen molar-refractivity contribution in [2.75, 3.05) is 0 Å². The Balaban J connectivity index is 0.000000460. The van der Waals surface area contributed by atoms with Gasteiger partial charge in [0.05, 0.1) is 12.2 Å². The van der Waals surface area contributed by atoms with Crippen molar-refractivity contribution in [2.24, 2.45) is 0 Å². The van der Waals surface area contributed by atoms with Gasteiger partial charge in [0.25, 0.3) is 0 Å². The number of hydrogen-bond donors (Lipinski definition) is 2. The van der Waals surface area contributed by atoms with E-state index in [4.69, 9.17) is 19.7 Å². The molecule has 4 atom stereocenters. The maximum Gasteiger partial charge on any atom is 0.303 e. The normalized spacial score (nSPS) is 21.3. The van der Waals surface area contributed by atoms with Gasteiger partial charge in [0.1, 0.15) is 12.2 Å². The van der Waals surface area contributed by atoms with Crippen LogP contribution in [0.15, 0.2) is 97.2 Å². The summed E-state index contributed by atoms with van der Waals surface area (Å²) in [5.41, 5.74) is 0. The van der Waals surface area contributed by atoms with Crippen LogP contribution in [0, 0.1) is 0 Å². The van der Waals surface area contributed by atoms with Crippen LogP contribution in [0.2, 0.25) is 0 Å². The van der Waals surface area contributed by atoms with Gasteiger partial charge in [-0.1, -0.05) is 137 Å². The van der Waals surface area contributed by atoms with Crippen molar-refractivity contribution < 1.29 is 29.3 Å². The molecule has 46 heavy (non-hydrogen) atoms. The topological polar surface area (TPSA) is 99.7 Å². The third kappa shape index (κ3) is 27.1. The Bertz CT molecular complexity index is 946. The second-order valence-electron chi connectivity index (χ2n) is 11.7. The highest BCUT2D eigenvalue weighted by Crippen LogP contribution is 2.29. The van der Waals surface area contributed by atoms with Crippen LogP contribution in [0.4, 0.5) is 0 Å². The molecule has 0 aromatic carbocycles. The summed E-state index contributed by atoms with van der Waals surface area (Å²) in [6.45, 7) is 4.45. The number of allylic oxidation sites excluding steroid dienone is 14. The summed E-state index contributed by atoms with van der Waals surface area (Å²) >= 11 is 0. The minimum Gasteiger partial charge on any atom is -0.481 e. The molecule has 2 unspecified atom stereocenters. The van der Waals surface area contributed by atoms with Crippen LogP contribution in [0.25, 0.3) is 0 Å². The van der Waals surface area contributed by atoms with Crippen molar-refractivity contribution in [3.8, 4) is 0 Å². The first kappa shape index (κ1) is 40.8. The molecule has 2 aliphatic rings. The quantitative estimate of drug-likeness (QED) is 0.0424. The molecule has 2 aliphatic heterocycles. The smallest absolute Gasteiger partial charge is 0.303 e. The summed E-state index contributed by atoms with van der Waals surface area (Å²) < 4.78 is 10.9. The van der Waals surface area contributed by atoms with E-state index in [1.54, 1.807) is 0 Å². The molecule has 0 bridgehead atoms. The van der Waals surface area contributed by atoms with Gasteiger partial charge in [-0.2, -0.15) is 0 Å². The summed E-state index contributed by atoms with van der Waals surface area (Å²) in [7, 11) is 0. The minimum atomic E-state index is -0.733. The van der Waals surface area contributed by atoms with Crippen LogP contribution >= 0.6 is 0 Å². The van der Waals surface area contributed by atoms with E-state index in [0.29, 0.717) is 12.8 Å². The molecule has 0 amide bonds. The predicted molar refractivity (Wildman–Crippen MR) is 191 cm³/mol. The molecule has 2 rings (SSSR count). The number of carboxylic acids is 2. The molecular weight excluding hydrogens is 576 g/mol.